The lowest BCUT2D eigenvalue weighted by molar-refractivity contribution is 0.156. The number of rotatable bonds is 9. The maximum Gasteiger partial charge on any atom is 0.243 e. The second-order valence-electron chi connectivity index (χ2n) is 8.79. The molecule has 0 radical (unpaired) electrons. The zero-order chi connectivity index (χ0) is 24.0. The topological polar surface area (TPSA) is 49.9 Å². The van der Waals surface area contributed by atoms with E-state index in [1.165, 1.54) is 11.1 Å². The minimum absolute atomic E-state index is 0.106. The Morgan fingerprint density at radius 3 is 1.97 bits per heavy atom. The van der Waals surface area contributed by atoms with Gasteiger partial charge in [-0.2, -0.15) is 4.31 Å². The van der Waals surface area contributed by atoms with E-state index in [-0.39, 0.29) is 6.04 Å². The van der Waals surface area contributed by atoms with Gasteiger partial charge in [-0.1, -0.05) is 74.0 Å². The molecule has 1 fully saturated rings. The highest BCUT2D eigenvalue weighted by Gasteiger charge is 2.32. The molecule has 1 heterocycles. The number of unbranched alkanes of at least 4 members (excludes halogenated alkanes) is 1. The van der Waals surface area contributed by atoms with E-state index in [1.54, 1.807) is 22.5 Å². The Bertz CT molecular complexity index is 1120. The molecule has 0 aliphatic carbocycles. The number of ether oxygens (including phenoxy) is 1. The van der Waals surface area contributed by atoms with Gasteiger partial charge in [0, 0.05) is 26.2 Å². The van der Waals surface area contributed by atoms with Crippen molar-refractivity contribution in [2.45, 2.75) is 37.6 Å². The molecule has 34 heavy (non-hydrogen) atoms. The molecule has 3 aromatic carbocycles. The van der Waals surface area contributed by atoms with Crippen LogP contribution in [0.4, 0.5) is 0 Å². The van der Waals surface area contributed by atoms with E-state index in [2.05, 4.69) is 60.4 Å². The van der Waals surface area contributed by atoms with E-state index >= 15 is 0 Å². The highest BCUT2D eigenvalue weighted by molar-refractivity contribution is 7.89. The standard InChI is InChI=1S/C28H34N2O3S/c1-3-4-21-33-27-16-15-26(22-23(27)2)34(31,32)30-19-17-29(18-20-30)28(24-11-7-5-8-12-24)25-13-9-6-10-14-25/h5-16,22,28H,3-4,17-21H2,1-2H3. The van der Waals surface area contributed by atoms with Gasteiger partial charge in [-0.25, -0.2) is 8.42 Å². The average Bonchev–Trinajstić information content (AvgIpc) is 2.87. The fourth-order valence-corrected chi connectivity index (χ4v) is 6.01. The van der Waals surface area contributed by atoms with Crippen LogP contribution >= 0.6 is 0 Å². The van der Waals surface area contributed by atoms with Gasteiger partial charge in [0.15, 0.2) is 0 Å². The molecule has 0 N–H and O–H groups in total. The lowest BCUT2D eigenvalue weighted by atomic mass is 9.96. The van der Waals surface area contributed by atoms with Crippen molar-refractivity contribution in [2.75, 3.05) is 32.8 Å². The number of aryl methyl sites for hydroxylation is 1. The van der Waals surface area contributed by atoms with Crippen LogP contribution in [0.3, 0.4) is 0 Å². The van der Waals surface area contributed by atoms with E-state index in [0.717, 1.165) is 24.2 Å². The Balaban J connectivity index is 1.48. The molecular formula is C28H34N2O3S. The molecule has 0 aromatic heterocycles. The number of piperazine rings is 1. The second kappa shape index (κ2) is 11.2. The largest absolute Gasteiger partial charge is 0.493 e. The van der Waals surface area contributed by atoms with Gasteiger partial charge >= 0.3 is 0 Å². The summed E-state index contributed by atoms with van der Waals surface area (Å²) in [5, 5.41) is 0. The number of benzene rings is 3. The minimum Gasteiger partial charge on any atom is -0.493 e. The number of nitrogens with zero attached hydrogens (tertiary/aromatic N) is 2. The maximum atomic E-state index is 13.4. The molecule has 0 bridgehead atoms. The summed E-state index contributed by atoms with van der Waals surface area (Å²) >= 11 is 0. The molecule has 0 amide bonds. The summed E-state index contributed by atoms with van der Waals surface area (Å²) in [5.74, 6) is 0.755. The Morgan fingerprint density at radius 2 is 1.44 bits per heavy atom. The van der Waals surface area contributed by atoms with E-state index in [0.29, 0.717) is 37.7 Å². The molecule has 1 aliphatic rings. The molecule has 1 saturated heterocycles. The van der Waals surface area contributed by atoms with Crippen molar-refractivity contribution in [3.8, 4) is 5.75 Å². The molecule has 5 nitrogen and oxygen atoms in total. The summed E-state index contributed by atoms with van der Waals surface area (Å²) in [7, 11) is -3.55. The Morgan fingerprint density at radius 1 is 0.853 bits per heavy atom. The Hall–Kier alpha value is -2.67. The molecule has 0 atom stereocenters. The van der Waals surface area contributed by atoms with Crippen LogP contribution in [0.25, 0.3) is 0 Å². The molecule has 3 aromatic rings. The number of hydrogen-bond acceptors (Lipinski definition) is 4. The lowest BCUT2D eigenvalue weighted by Crippen LogP contribution is -2.49. The smallest absolute Gasteiger partial charge is 0.243 e. The normalized spacial score (nSPS) is 15.5. The second-order valence-corrected chi connectivity index (χ2v) is 10.7. The summed E-state index contributed by atoms with van der Waals surface area (Å²) in [6.07, 6.45) is 2.05. The predicted molar refractivity (Wildman–Crippen MR) is 137 cm³/mol. The number of hydrogen-bond donors (Lipinski definition) is 0. The first-order chi connectivity index (χ1) is 16.5. The SMILES string of the molecule is CCCCOc1ccc(S(=O)(=O)N2CCN(C(c3ccccc3)c3ccccc3)CC2)cc1C. The van der Waals surface area contributed by atoms with Crippen molar-refractivity contribution in [1.29, 1.82) is 0 Å². The van der Waals surface area contributed by atoms with Crippen LogP contribution in [0.2, 0.25) is 0 Å². The van der Waals surface area contributed by atoms with Crippen LogP contribution in [0.5, 0.6) is 5.75 Å². The monoisotopic (exact) mass is 478 g/mol. The first kappa shape index (κ1) is 24.5. The Labute approximate surface area is 204 Å². The first-order valence-electron chi connectivity index (χ1n) is 12.1. The third-order valence-corrected chi connectivity index (χ3v) is 8.30. The van der Waals surface area contributed by atoms with Crippen molar-refractivity contribution in [3.63, 3.8) is 0 Å². The van der Waals surface area contributed by atoms with Crippen molar-refractivity contribution < 1.29 is 13.2 Å². The Kier molecular flexibility index (Phi) is 8.03. The zero-order valence-corrected chi connectivity index (χ0v) is 20.9. The molecule has 180 valence electrons. The molecule has 6 heteroatoms. The highest BCUT2D eigenvalue weighted by atomic mass is 32.2. The third kappa shape index (κ3) is 5.52. The summed E-state index contributed by atoms with van der Waals surface area (Å²) < 4.78 is 34.2. The van der Waals surface area contributed by atoms with Gasteiger partial charge in [-0.05, 0) is 48.2 Å². The molecule has 1 aliphatic heterocycles. The first-order valence-corrected chi connectivity index (χ1v) is 13.5. The average molecular weight is 479 g/mol. The van der Waals surface area contributed by atoms with Gasteiger partial charge in [-0.15, -0.1) is 0 Å². The van der Waals surface area contributed by atoms with Crippen molar-refractivity contribution in [2.24, 2.45) is 0 Å². The fourth-order valence-electron chi connectivity index (χ4n) is 4.51. The summed E-state index contributed by atoms with van der Waals surface area (Å²) in [6.45, 7) is 6.94. The summed E-state index contributed by atoms with van der Waals surface area (Å²) in [6, 6.07) is 26.2. The lowest BCUT2D eigenvalue weighted by Gasteiger charge is -2.39. The molecule has 0 unspecified atom stereocenters. The zero-order valence-electron chi connectivity index (χ0n) is 20.1. The van der Waals surface area contributed by atoms with Crippen molar-refractivity contribution in [1.82, 2.24) is 9.21 Å². The molecule has 0 spiro atoms. The predicted octanol–water partition coefficient (Wildman–Crippen LogP) is 5.27. The van der Waals surface area contributed by atoms with Gasteiger partial charge in [0.25, 0.3) is 0 Å². The van der Waals surface area contributed by atoms with E-state index < -0.39 is 10.0 Å². The van der Waals surface area contributed by atoms with Crippen LogP contribution in [-0.4, -0.2) is 50.4 Å². The molecule has 0 saturated carbocycles. The minimum atomic E-state index is -3.55. The van der Waals surface area contributed by atoms with Crippen LogP contribution in [0.15, 0.2) is 83.8 Å². The highest BCUT2D eigenvalue weighted by Crippen LogP contribution is 2.31. The third-order valence-electron chi connectivity index (χ3n) is 6.41. The van der Waals surface area contributed by atoms with Crippen LogP contribution in [0.1, 0.15) is 42.5 Å². The van der Waals surface area contributed by atoms with E-state index in [4.69, 9.17) is 4.74 Å². The molecule has 4 rings (SSSR count). The number of sulfonamides is 1. The van der Waals surface area contributed by atoms with E-state index in [9.17, 15) is 8.42 Å². The van der Waals surface area contributed by atoms with Gasteiger partial charge in [0.05, 0.1) is 17.5 Å². The maximum absolute atomic E-state index is 13.4. The van der Waals surface area contributed by atoms with Crippen molar-refractivity contribution >= 4 is 10.0 Å². The van der Waals surface area contributed by atoms with Crippen LogP contribution in [-0.2, 0) is 10.0 Å². The molecular weight excluding hydrogens is 444 g/mol. The van der Waals surface area contributed by atoms with Gasteiger partial charge in [0.2, 0.25) is 10.0 Å². The quantitative estimate of drug-likeness (QED) is 0.393. The van der Waals surface area contributed by atoms with E-state index in [1.807, 2.05) is 19.1 Å². The van der Waals surface area contributed by atoms with Gasteiger partial charge in [0.1, 0.15) is 5.75 Å². The van der Waals surface area contributed by atoms with Crippen LogP contribution < -0.4 is 4.74 Å². The van der Waals surface area contributed by atoms with Crippen LogP contribution in [0, 0.1) is 6.92 Å². The van der Waals surface area contributed by atoms with Gasteiger partial charge in [-0.3, -0.25) is 4.90 Å². The van der Waals surface area contributed by atoms with Crippen molar-refractivity contribution in [3.05, 3.63) is 95.6 Å². The van der Waals surface area contributed by atoms with Gasteiger partial charge < -0.3 is 4.74 Å². The summed E-state index contributed by atoms with van der Waals surface area (Å²) in [5.41, 5.74) is 3.29. The summed E-state index contributed by atoms with van der Waals surface area (Å²) in [4.78, 5) is 2.72. The fraction of sp³-hybridized carbons (Fsp3) is 0.357.